The summed E-state index contributed by atoms with van der Waals surface area (Å²) in [5.74, 6) is 0.578. The smallest absolute Gasteiger partial charge is 0.238 e. The molecule has 2 rings (SSSR count). The fourth-order valence-corrected chi connectivity index (χ4v) is 2.49. The second-order valence-corrected chi connectivity index (χ2v) is 5.61. The second kappa shape index (κ2) is 8.34. The van der Waals surface area contributed by atoms with Gasteiger partial charge in [-0.2, -0.15) is 5.26 Å². The maximum Gasteiger partial charge on any atom is 0.238 e. The number of carbonyl (C=O) groups is 1. The number of anilines is 1. The van der Waals surface area contributed by atoms with Gasteiger partial charge in [0.1, 0.15) is 11.8 Å². The maximum atomic E-state index is 12.1. The molecule has 0 bridgehead atoms. The lowest BCUT2D eigenvalue weighted by molar-refractivity contribution is -0.115. The Balaban J connectivity index is 1.93. The summed E-state index contributed by atoms with van der Waals surface area (Å²) in [5, 5.41) is 15.1. The van der Waals surface area contributed by atoms with Gasteiger partial charge in [-0.3, -0.25) is 4.79 Å². The minimum atomic E-state index is -0.197. The van der Waals surface area contributed by atoms with E-state index >= 15 is 0 Å². The summed E-state index contributed by atoms with van der Waals surface area (Å²) < 4.78 is 5.32. The van der Waals surface area contributed by atoms with Gasteiger partial charge >= 0.3 is 0 Å². The number of nitriles is 1. The largest absolute Gasteiger partial charge is 0.496 e. The van der Waals surface area contributed by atoms with E-state index < -0.39 is 0 Å². The van der Waals surface area contributed by atoms with Gasteiger partial charge in [0.15, 0.2) is 0 Å². The minimum absolute atomic E-state index is 0.0450. The molecule has 1 amide bonds. The third kappa shape index (κ3) is 4.48. The molecule has 24 heavy (non-hydrogen) atoms. The molecule has 0 saturated heterocycles. The molecule has 0 aliphatic carbocycles. The quantitative estimate of drug-likeness (QED) is 0.841. The molecule has 5 nitrogen and oxygen atoms in total. The van der Waals surface area contributed by atoms with Crippen LogP contribution in [0.4, 0.5) is 5.69 Å². The van der Waals surface area contributed by atoms with E-state index in [0.717, 1.165) is 11.3 Å². The maximum absolute atomic E-state index is 12.1. The second-order valence-electron chi connectivity index (χ2n) is 5.20. The predicted octanol–water partition coefficient (Wildman–Crippen LogP) is 3.51. The number of methoxy groups -OCH3 is 1. The Morgan fingerprint density at radius 2 is 2.08 bits per heavy atom. The number of nitrogens with one attached hydrogen (secondary N) is 2. The van der Waals surface area contributed by atoms with E-state index in [1.165, 1.54) is 0 Å². The summed E-state index contributed by atoms with van der Waals surface area (Å²) >= 11 is 5.95. The highest BCUT2D eigenvalue weighted by Crippen LogP contribution is 2.24. The Bertz CT molecular complexity index is 771. The van der Waals surface area contributed by atoms with Crippen LogP contribution in [0.5, 0.6) is 5.75 Å². The molecule has 0 aliphatic rings. The van der Waals surface area contributed by atoms with Crippen molar-refractivity contribution >= 4 is 23.2 Å². The van der Waals surface area contributed by atoms with Crippen LogP contribution in [0.15, 0.2) is 42.5 Å². The number of nitrogens with zero attached hydrogens (tertiary/aromatic N) is 1. The van der Waals surface area contributed by atoms with Crippen LogP contribution >= 0.6 is 11.6 Å². The van der Waals surface area contributed by atoms with Crippen LogP contribution < -0.4 is 15.4 Å². The van der Waals surface area contributed by atoms with Crippen molar-refractivity contribution in [2.75, 3.05) is 19.0 Å². The van der Waals surface area contributed by atoms with Gasteiger partial charge in [0.05, 0.1) is 24.2 Å². The van der Waals surface area contributed by atoms with Crippen molar-refractivity contribution in [2.24, 2.45) is 0 Å². The Hall–Kier alpha value is -2.55. The Morgan fingerprint density at radius 3 is 2.75 bits per heavy atom. The standard InChI is InChI=1S/C18H18ClN3O2/c1-12(15-5-3-4-6-17(15)24-2)21-11-18(23)22-14-8-7-13(10-20)16(19)9-14/h3-9,12,21H,11H2,1-2H3,(H,22,23)/t12-/m0/s1. The van der Waals surface area contributed by atoms with Gasteiger partial charge in [-0.1, -0.05) is 29.8 Å². The summed E-state index contributed by atoms with van der Waals surface area (Å²) in [5.41, 5.74) is 1.91. The highest BCUT2D eigenvalue weighted by Gasteiger charge is 2.12. The molecule has 2 N–H and O–H groups in total. The van der Waals surface area contributed by atoms with Crippen molar-refractivity contribution in [3.8, 4) is 11.8 Å². The third-order valence-corrected chi connectivity index (χ3v) is 3.86. The first-order valence-corrected chi connectivity index (χ1v) is 7.78. The molecular weight excluding hydrogens is 326 g/mol. The summed E-state index contributed by atoms with van der Waals surface area (Å²) in [7, 11) is 1.62. The first kappa shape index (κ1) is 17.8. The Morgan fingerprint density at radius 1 is 1.33 bits per heavy atom. The monoisotopic (exact) mass is 343 g/mol. The van der Waals surface area contributed by atoms with Crippen LogP contribution in [0.25, 0.3) is 0 Å². The van der Waals surface area contributed by atoms with Crippen molar-refractivity contribution in [3.05, 3.63) is 58.6 Å². The molecule has 124 valence electrons. The molecular formula is C18H18ClN3O2. The number of rotatable bonds is 6. The van der Waals surface area contributed by atoms with Crippen molar-refractivity contribution in [1.29, 1.82) is 5.26 Å². The lowest BCUT2D eigenvalue weighted by atomic mass is 10.1. The van der Waals surface area contributed by atoms with Crippen molar-refractivity contribution in [3.63, 3.8) is 0 Å². The van der Waals surface area contributed by atoms with Crippen LogP contribution in [0.3, 0.4) is 0 Å². The first-order chi connectivity index (χ1) is 11.5. The lowest BCUT2D eigenvalue weighted by Gasteiger charge is -2.17. The van der Waals surface area contributed by atoms with Crippen LogP contribution in [0, 0.1) is 11.3 Å². The lowest BCUT2D eigenvalue weighted by Crippen LogP contribution is -2.30. The predicted molar refractivity (Wildman–Crippen MR) is 94.2 cm³/mol. The van der Waals surface area contributed by atoms with Gasteiger partial charge in [0.2, 0.25) is 5.91 Å². The zero-order valence-electron chi connectivity index (χ0n) is 13.5. The molecule has 0 unspecified atom stereocenters. The molecule has 0 radical (unpaired) electrons. The number of ether oxygens (including phenoxy) is 1. The molecule has 1 atom stereocenters. The van der Waals surface area contributed by atoms with E-state index in [4.69, 9.17) is 21.6 Å². The van der Waals surface area contributed by atoms with Gasteiger partial charge in [-0.15, -0.1) is 0 Å². The van der Waals surface area contributed by atoms with Crippen LogP contribution in [-0.4, -0.2) is 19.6 Å². The molecule has 0 aromatic heterocycles. The van der Waals surface area contributed by atoms with E-state index in [0.29, 0.717) is 16.3 Å². The average Bonchev–Trinajstić information content (AvgIpc) is 2.59. The molecule has 0 fully saturated rings. The SMILES string of the molecule is COc1ccccc1[C@H](C)NCC(=O)Nc1ccc(C#N)c(Cl)c1. The number of amides is 1. The molecule has 2 aromatic carbocycles. The van der Waals surface area contributed by atoms with E-state index in [1.54, 1.807) is 25.3 Å². The van der Waals surface area contributed by atoms with Crippen LogP contribution in [0.2, 0.25) is 5.02 Å². The molecule has 0 spiro atoms. The fraction of sp³-hybridized carbons (Fsp3) is 0.222. The number of benzene rings is 2. The van der Waals surface area contributed by atoms with Gasteiger partial charge in [-0.25, -0.2) is 0 Å². The number of carbonyl (C=O) groups excluding carboxylic acids is 1. The number of para-hydroxylation sites is 1. The van der Waals surface area contributed by atoms with E-state index in [-0.39, 0.29) is 18.5 Å². The van der Waals surface area contributed by atoms with E-state index in [9.17, 15) is 4.79 Å². The third-order valence-electron chi connectivity index (χ3n) is 3.55. The van der Waals surface area contributed by atoms with E-state index in [1.807, 2.05) is 37.3 Å². The molecule has 0 saturated carbocycles. The zero-order chi connectivity index (χ0) is 17.5. The topological polar surface area (TPSA) is 74.2 Å². The fourth-order valence-electron chi connectivity index (χ4n) is 2.27. The molecule has 0 aliphatic heterocycles. The Kier molecular flexibility index (Phi) is 6.19. The number of hydrogen-bond donors (Lipinski definition) is 2. The van der Waals surface area contributed by atoms with E-state index in [2.05, 4.69) is 10.6 Å². The number of halogens is 1. The van der Waals surface area contributed by atoms with Gasteiger partial charge in [0, 0.05) is 17.3 Å². The Labute approximate surface area is 146 Å². The summed E-state index contributed by atoms with van der Waals surface area (Å²) in [4.78, 5) is 12.1. The summed E-state index contributed by atoms with van der Waals surface area (Å²) in [6, 6.07) is 14.4. The van der Waals surface area contributed by atoms with Crippen molar-refractivity contribution in [1.82, 2.24) is 5.32 Å². The highest BCUT2D eigenvalue weighted by atomic mass is 35.5. The normalized spacial score (nSPS) is 11.4. The highest BCUT2D eigenvalue weighted by molar-refractivity contribution is 6.32. The average molecular weight is 344 g/mol. The van der Waals surface area contributed by atoms with Gasteiger partial charge in [-0.05, 0) is 31.2 Å². The van der Waals surface area contributed by atoms with Crippen molar-refractivity contribution in [2.45, 2.75) is 13.0 Å². The minimum Gasteiger partial charge on any atom is -0.496 e. The molecule has 6 heteroatoms. The summed E-state index contributed by atoms with van der Waals surface area (Å²) in [6.45, 7) is 2.10. The van der Waals surface area contributed by atoms with Crippen molar-refractivity contribution < 1.29 is 9.53 Å². The zero-order valence-corrected chi connectivity index (χ0v) is 14.2. The van der Waals surface area contributed by atoms with Crippen LogP contribution in [-0.2, 0) is 4.79 Å². The number of hydrogen-bond acceptors (Lipinski definition) is 4. The molecule has 2 aromatic rings. The van der Waals surface area contributed by atoms with Gasteiger partial charge < -0.3 is 15.4 Å². The first-order valence-electron chi connectivity index (χ1n) is 7.41. The van der Waals surface area contributed by atoms with Gasteiger partial charge in [0.25, 0.3) is 0 Å². The molecule has 0 heterocycles. The van der Waals surface area contributed by atoms with Crippen LogP contribution in [0.1, 0.15) is 24.1 Å². The summed E-state index contributed by atoms with van der Waals surface area (Å²) in [6.07, 6.45) is 0.